The minimum atomic E-state index is -0.00892. The molecule has 1 rings (SSSR count). The van der Waals surface area contributed by atoms with Crippen molar-refractivity contribution in [2.45, 2.75) is 13.2 Å². The molecular formula is C8H8I2O2. The summed E-state index contributed by atoms with van der Waals surface area (Å²) in [6.45, 7) is -0.0178. The molecule has 2 N–H and O–H groups in total. The molecule has 12 heavy (non-hydrogen) atoms. The van der Waals surface area contributed by atoms with Gasteiger partial charge in [0.25, 0.3) is 0 Å². The van der Waals surface area contributed by atoms with E-state index < -0.39 is 0 Å². The van der Waals surface area contributed by atoms with Crippen LogP contribution in [0.15, 0.2) is 12.1 Å². The molecule has 4 heteroatoms. The molecule has 0 aliphatic carbocycles. The second-order valence-electron chi connectivity index (χ2n) is 2.30. The zero-order valence-corrected chi connectivity index (χ0v) is 10.5. The highest BCUT2D eigenvalue weighted by atomic mass is 127. The van der Waals surface area contributed by atoms with Crippen molar-refractivity contribution in [2.24, 2.45) is 0 Å². The van der Waals surface area contributed by atoms with E-state index in [1.165, 1.54) is 0 Å². The van der Waals surface area contributed by atoms with Gasteiger partial charge in [0.15, 0.2) is 0 Å². The molecule has 0 amide bonds. The Hall–Kier alpha value is 0.600. The van der Waals surface area contributed by atoms with Crippen molar-refractivity contribution in [3.8, 4) is 0 Å². The van der Waals surface area contributed by atoms with Crippen LogP contribution >= 0.6 is 45.2 Å². The molecule has 0 heterocycles. The van der Waals surface area contributed by atoms with Crippen molar-refractivity contribution in [1.29, 1.82) is 0 Å². The summed E-state index contributed by atoms with van der Waals surface area (Å²) in [5.74, 6) is 0. The lowest BCUT2D eigenvalue weighted by atomic mass is 10.1. The Morgan fingerprint density at radius 2 is 1.25 bits per heavy atom. The van der Waals surface area contributed by atoms with Crippen molar-refractivity contribution >= 4 is 45.2 Å². The Labute approximate surface area is 98.3 Å². The molecule has 0 spiro atoms. The molecule has 0 radical (unpaired) electrons. The fourth-order valence-corrected chi connectivity index (χ4v) is 2.33. The van der Waals surface area contributed by atoms with Crippen LogP contribution in [-0.2, 0) is 13.2 Å². The maximum atomic E-state index is 9.04. The van der Waals surface area contributed by atoms with E-state index >= 15 is 0 Å². The number of halogens is 2. The Morgan fingerprint density at radius 3 is 1.50 bits per heavy atom. The number of hydrogen-bond acceptors (Lipinski definition) is 2. The average Bonchev–Trinajstić information content (AvgIpc) is 2.08. The van der Waals surface area contributed by atoms with Gasteiger partial charge >= 0.3 is 0 Å². The molecule has 0 aliphatic heterocycles. The number of benzene rings is 1. The molecule has 1 aromatic carbocycles. The molecule has 0 saturated carbocycles. The number of rotatable bonds is 2. The van der Waals surface area contributed by atoms with Gasteiger partial charge in [0.05, 0.1) is 13.2 Å². The van der Waals surface area contributed by atoms with Crippen molar-refractivity contribution in [3.63, 3.8) is 0 Å². The van der Waals surface area contributed by atoms with Gasteiger partial charge in [0.1, 0.15) is 0 Å². The largest absolute Gasteiger partial charge is 0.392 e. The SMILES string of the molecule is OCc1c(I)ccc(I)c1CO. The van der Waals surface area contributed by atoms with Crippen molar-refractivity contribution in [1.82, 2.24) is 0 Å². The van der Waals surface area contributed by atoms with Gasteiger partial charge in [-0.05, 0) is 68.4 Å². The second kappa shape index (κ2) is 4.73. The summed E-state index contributed by atoms with van der Waals surface area (Å²) >= 11 is 4.30. The summed E-state index contributed by atoms with van der Waals surface area (Å²) in [6.07, 6.45) is 0. The molecule has 2 nitrogen and oxygen atoms in total. The molecular weight excluding hydrogens is 382 g/mol. The van der Waals surface area contributed by atoms with Crippen molar-refractivity contribution < 1.29 is 10.2 Å². The third-order valence-electron chi connectivity index (χ3n) is 1.63. The highest BCUT2D eigenvalue weighted by molar-refractivity contribution is 14.1. The minimum Gasteiger partial charge on any atom is -0.392 e. The van der Waals surface area contributed by atoms with Crippen molar-refractivity contribution in [3.05, 3.63) is 30.4 Å². The summed E-state index contributed by atoms with van der Waals surface area (Å²) in [6, 6.07) is 3.88. The Kier molecular flexibility index (Phi) is 4.21. The van der Waals surface area contributed by atoms with Crippen LogP contribution in [0.3, 0.4) is 0 Å². The van der Waals surface area contributed by atoms with Crippen LogP contribution in [0.4, 0.5) is 0 Å². The third kappa shape index (κ3) is 2.09. The first-order chi connectivity index (χ1) is 5.70. The maximum absolute atomic E-state index is 9.04. The van der Waals surface area contributed by atoms with Crippen LogP contribution < -0.4 is 0 Å². The quantitative estimate of drug-likeness (QED) is 0.758. The minimum absolute atomic E-state index is 0.00892. The molecule has 0 saturated heterocycles. The molecule has 66 valence electrons. The predicted molar refractivity (Wildman–Crippen MR) is 63.7 cm³/mol. The molecule has 0 aromatic heterocycles. The molecule has 0 aliphatic rings. The van der Waals surface area contributed by atoms with E-state index in [9.17, 15) is 0 Å². The fourth-order valence-electron chi connectivity index (χ4n) is 0.978. The first-order valence-corrected chi connectivity index (χ1v) is 5.54. The van der Waals surface area contributed by atoms with Gasteiger partial charge in [0.2, 0.25) is 0 Å². The van der Waals surface area contributed by atoms with Gasteiger partial charge in [-0.15, -0.1) is 0 Å². The van der Waals surface area contributed by atoms with E-state index in [0.717, 1.165) is 18.3 Å². The molecule has 0 atom stereocenters. The van der Waals surface area contributed by atoms with Crippen LogP contribution in [0.2, 0.25) is 0 Å². The van der Waals surface area contributed by atoms with Gasteiger partial charge in [-0.25, -0.2) is 0 Å². The first-order valence-electron chi connectivity index (χ1n) is 3.38. The number of aliphatic hydroxyl groups excluding tert-OH is 2. The van der Waals surface area contributed by atoms with E-state index in [1.54, 1.807) is 0 Å². The summed E-state index contributed by atoms with van der Waals surface area (Å²) in [4.78, 5) is 0. The summed E-state index contributed by atoms with van der Waals surface area (Å²) < 4.78 is 2.00. The monoisotopic (exact) mass is 390 g/mol. The highest BCUT2D eigenvalue weighted by Gasteiger charge is 2.08. The molecule has 0 unspecified atom stereocenters. The van der Waals surface area contributed by atoms with Crippen LogP contribution in [-0.4, -0.2) is 10.2 Å². The van der Waals surface area contributed by atoms with E-state index in [1.807, 2.05) is 12.1 Å². The first kappa shape index (κ1) is 10.7. The van der Waals surface area contributed by atoms with E-state index in [0.29, 0.717) is 0 Å². The lowest BCUT2D eigenvalue weighted by Crippen LogP contribution is -1.99. The Morgan fingerprint density at radius 1 is 0.917 bits per heavy atom. The topological polar surface area (TPSA) is 40.5 Å². The average molecular weight is 390 g/mol. The Balaban J connectivity index is 3.28. The van der Waals surface area contributed by atoms with E-state index in [-0.39, 0.29) is 13.2 Å². The van der Waals surface area contributed by atoms with Gasteiger partial charge in [-0.1, -0.05) is 0 Å². The standard InChI is InChI=1S/C8H8I2O2/c9-7-1-2-8(10)6(4-12)5(7)3-11/h1-2,11-12H,3-4H2. The lowest BCUT2D eigenvalue weighted by molar-refractivity contribution is 0.258. The zero-order valence-electron chi connectivity index (χ0n) is 6.22. The zero-order chi connectivity index (χ0) is 9.14. The fraction of sp³-hybridized carbons (Fsp3) is 0.250. The highest BCUT2D eigenvalue weighted by Crippen LogP contribution is 2.22. The molecule has 0 bridgehead atoms. The summed E-state index contributed by atoms with van der Waals surface area (Å²) in [7, 11) is 0. The van der Waals surface area contributed by atoms with Gasteiger partial charge in [-0.2, -0.15) is 0 Å². The normalized spacial score (nSPS) is 10.3. The van der Waals surface area contributed by atoms with Crippen LogP contribution in [0, 0.1) is 7.14 Å². The summed E-state index contributed by atoms with van der Waals surface area (Å²) in [5, 5.41) is 18.1. The van der Waals surface area contributed by atoms with Gasteiger partial charge in [-0.3, -0.25) is 0 Å². The predicted octanol–water partition coefficient (Wildman–Crippen LogP) is 1.88. The van der Waals surface area contributed by atoms with Crippen LogP contribution in [0.5, 0.6) is 0 Å². The summed E-state index contributed by atoms with van der Waals surface area (Å²) in [5.41, 5.74) is 1.68. The van der Waals surface area contributed by atoms with E-state index in [2.05, 4.69) is 45.2 Å². The van der Waals surface area contributed by atoms with Crippen LogP contribution in [0.25, 0.3) is 0 Å². The smallest absolute Gasteiger partial charge is 0.0696 e. The maximum Gasteiger partial charge on any atom is 0.0696 e. The van der Waals surface area contributed by atoms with Crippen molar-refractivity contribution in [2.75, 3.05) is 0 Å². The Bertz CT molecular complexity index is 258. The lowest BCUT2D eigenvalue weighted by Gasteiger charge is -2.08. The van der Waals surface area contributed by atoms with Gasteiger partial charge < -0.3 is 10.2 Å². The second-order valence-corrected chi connectivity index (χ2v) is 4.63. The number of hydrogen-bond donors (Lipinski definition) is 2. The molecule has 1 aromatic rings. The van der Waals surface area contributed by atoms with Gasteiger partial charge in [0, 0.05) is 7.14 Å². The van der Waals surface area contributed by atoms with Crippen LogP contribution in [0.1, 0.15) is 11.1 Å². The molecule has 0 fully saturated rings. The van der Waals surface area contributed by atoms with E-state index in [4.69, 9.17) is 10.2 Å². The third-order valence-corrected chi connectivity index (χ3v) is 3.65. The number of aliphatic hydroxyl groups is 2.